The van der Waals surface area contributed by atoms with Crippen molar-refractivity contribution in [1.29, 1.82) is 0 Å². The van der Waals surface area contributed by atoms with Crippen LogP contribution >= 0.6 is 0 Å². The molecule has 0 saturated carbocycles. The molecule has 7 heteroatoms. The number of rotatable bonds is 7. The van der Waals surface area contributed by atoms with Crippen LogP contribution in [0, 0.1) is 11.6 Å². The number of anilines is 1. The third-order valence-corrected chi connectivity index (χ3v) is 4.53. The van der Waals surface area contributed by atoms with E-state index in [1.807, 2.05) is 30.9 Å². The lowest BCUT2D eigenvalue weighted by Crippen LogP contribution is -2.37. The number of fused-ring (bicyclic) bond motifs is 1. The number of benzene rings is 2. The van der Waals surface area contributed by atoms with Gasteiger partial charge in [-0.1, -0.05) is 0 Å². The van der Waals surface area contributed by atoms with E-state index in [1.54, 1.807) is 0 Å². The number of carbonyl (C=O) groups is 1. The van der Waals surface area contributed by atoms with Gasteiger partial charge in [0.1, 0.15) is 11.6 Å². The first-order valence-electron chi connectivity index (χ1n) is 9.38. The van der Waals surface area contributed by atoms with Crippen molar-refractivity contribution in [3.05, 3.63) is 53.1 Å². The average Bonchev–Trinajstić information content (AvgIpc) is 2.65. The smallest absolute Gasteiger partial charge is 0.238 e. The molecule has 2 aromatic rings. The van der Waals surface area contributed by atoms with Crippen molar-refractivity contribution in [2.24, 2.45) is 0 Å². The van der Waals surface area contributed by atoms with E-state index in [4.69, 9.17) is 9.47 Å². The molecule has 1 N–H and O–H groups in total. The molecule has 28 heavy (non-hydrogen) atoms. The maximum Gasteiger partial charge on any atom is 0.238 e. The molecule has 1 aliphatic rings. The standard InChI is InChI=1S/C21H24F2N2O3/c1-3-27-19-9-14-7-8-25(12-15(14)10-20(19)28-4-2)13-21(26)24-18-6-5-16(22)11-17(18)23/h5-6,9-11H,3-4,7-8,12-13H2,1-2H3,(H,24,26). The van der Waals surface area contributed by atoms with Gasteiger partial charge in [-0.05, 0) is 55.7 Å². The van der Waals surface area contributed by atoms with Gasteiger partial charge in [-0.3, -0.25) is 9.69 Å². The van der Waals surface area contributed by atoms with Crippen molar-refractivity contribution in [2.75, 3.05) is 31.6 Å². The van der Waals surface area contributed by atoms with Gasteiger partial charge in [-0.2, -0.15) is 0 Å². The highest BCUT2D eigenvalue weighted by molar-refractivity contribution is 5.92. The summed E-state index contributed by atoms with van der Waals surface area (Å²) in [5.41, 5.74) is 2.23. The van der Waals surface area contributed by atoms with Crippen LogP contribution in [0.25, 0.3) is 0 Å². The van der Waals surface area contributed by atoms with E-state index in [1.165, 1.54) is 11.6 Å². The average molecular weight is 390 g/mol. The zero-order chi connectivity index (χ0) is 20.1. The van der Waals surface area contributed by atoms with Crippen LogP contribution in [-0.4, -0.2) is 37.1 Å². The highest BCUT2D eigenvalue weighted by atomic mass is 19.1. The van der Waals surface area contributed by atoms with Gasteiger partial charge in [0.25, 0.3) is 0 Å². The quantitative estimate of drug-likeness (QED) is 0.782. The lowest BCUT2D eigenvalue weighted by atomic mass is 9.98. The van der Waals surface area contributed by atoms with Crippen molar-refractivity contribution in [3.8, 4) is 11.5 Å². The summed E-state index contributed by atoms with van der Waals surface area (Å²) >= 11 is 0. The number of ether oxygens (including phenoxy) is 2. The maximum atomic E-state index is 13.7. The van der Waals surface area contributed by atoms with E-state index in [-0.39, 0.29) is 18.1 Å². The number of nitrogens with one attached hydrogen (secondary N) is 1. The van der Waals surface area contributed by atoms with Crippen molar-refractivity contribution in [2.45, 2.75) is 26.8 Å². The predicted octanol–water partition coefficient (Wildman–Crippen LogP) is 3.76. The second kappa shape index (κ2) is 9.01. The fraction of sp³-hybridized carbons (Fsp3) is 0.381. The van der Waals surface area contributed by atoms with Crippen molar-refractivity contribution in [1.82, 2.24) is 4.90 Å². The first-order chi connectivity index (χ1) is 13.5. The van der Waals surface area contributed by atoms with E-state index in [9.17, 15) is 13.6 Å². The van der Waals surface area contributed by atoms with Crippen LogP contribution in [0.4, 0.5) is 14.5 Å². The normalized spacial score (nSPS) is 13.7. The Labute approximate surface area is 163 Å². The predicted molar refractivity (Wildman–Crippen MR) is 103 cm³/mol. The number of hydrogen-bond acceptors (Lipinski definition) is 4. The van der Waals surface area contributed by atoms with Crippen molar-refractivity contribution < 1.29 is 23.0 Å². The Balaban J connectivity index is 1.67. The monoisotopic (exact) mass is 390 g/mol. The highest BCUT2D eigenvalue weighted by Crippen LogP contribution is 2.33. The van der Waals surface area contributed by atoms with Crippen LogP contribution in [0.1, 0.15) is 25.0 Å². The second-order valence-electron chi connectivity index (χ2n) is 6.57. The van der Waals surface area contributed by atoms with Crippen molar-refractivity contribution in [3.63, 3.8) is 0 Å². The second-order valence-corrected chi connectivity index (χ2v) is 6.57. The molecular formula is C21H24F2N2O3. The Bertz CT molecular complexity index is 858. The van der Waals surface area contributed by atoms with Crippen LogP contribution in [0.3, 0.4) is 0 Å². The summed E-state index contributed by atoms with van der Waals surface area (Å²) in [5, 5.41) is 2.50. The minimum Gasteiger partial charge on any atom is -0.490 e. The maximum absolute atomic E-state index is 13.7. The Morgan fingerprint density at radius 1 is 1.07 bits per heavy atom. The van der Waals surface area contributed by atoms with Gasteiger partial charge >= 0.3 is 0 Å². The van der Waals surface area contributed by atoms with E-state index >= 15 is 0 Å². The summed E-state index contributed by atoms with van der Waals surface area (Å²) in [5.74, 6) is -0.379. The zero-order valence-corrected chi connectivity index (χ0v) is 16.1. The van der Waals surface area contributed by atoms with Crippen LogP contribution in [0.5, 0.6) is 11.5 Å². The Morgan fingerprint density at radius 3 is 2.39 bits per heavy atom. The molecule has 150 valence electrons. The third kappa shape index (κ3) is 4.78. The van der Waals surface area contributed by atoms with Gasteiger partial charge in [-0.15, -0.1) is 0 Å². The van der Waals surface area contributed by atoms with Gasteiger partial charge in [-0.25, -0.2) is 8.78 Å². The van der Waals surface area contributed by atoms with E-state index in [0.29, 0.717) is 32.1 Å². The molecule has 0 aromatic heterocycles. The Hall–Kier alpha value is -2.67. The third-order valence-electron chi connectivity index (χ3n) is 4.53. The Morgan fingerprint density at radius 2 is 1.75 bits per heavy atom. The van der Waals surface area contributed by atoms with E-state index in [2.05, 4.69) is 5.32 Å². The van der Waals surface area contributed by atoms with Crippen LogP contribution < -0.4 is 14.8 Å². The lowest BCUT2D eigenvalue weighted by Gasteiger charge is -2.29. The number of amides is 1. The van der Waals surface area contributed by atoms with Gasteiger partial charge < -0.3 is 14.8 Å². The number of hydrogen-bond donors (Lipinski definition) is 1. The van der Waals surface area contributed by atoms with E-state index in [0.717, 1.165) is 29.9 Å². The summed E-state index contributed by atoms with van der Waals surface area (Å²) in [6.07, 6.45) is 0.778. The molecule has 1 aliphatic heterocycles. The molecule has 0 fully saturated rings. The first-order valence-corrected chi connectivity index (χ1v) is 9.38. The molecule has 0 spiro atoms. The molecule has 0 atom stereocenters. The van der Waals surface area contributed by atoms with E-state index < -0.39 is 11.6 Å². The fourth-order valence-electron chi connectivity index (χ4n) is 3.28. The topological polar surface area (TPSA) is 50.8 Å². The molecule has 1 amide bonds. The minimum atomic E-state index is -0.790. The van der Waals surface area contributed by atoms with Crippen LogP contribution in [-0.2, 0) is 17.8 Å². The summed E-state index contributed by atoms with van der Waals surface area (Å²) in [6.45, 7) is 6.35. The minimum absolute atomic E-state index is 0.0243. The highest BCUT2D eigenvalue weighted by Gasteiger charge is 2.21. The summed E-state index contributed by atoms with van der Waals surface area (Å²) in [7, 11) is 0. The number of halogens is 2. The molecule has 0 radical (unpaired) electrons. The lowest BCUT2D eigenvalue weighted by molar-refractivity contribution is -0.117. The molecule has 0 saturated heterocycles. The molecule has 0 aliphatic carbocycles. The molecule has 1 heterocycles. The number of carbonyl (C=O) groups excluding carboxylic acids is 1. The molecule has 3 rings (SSSR count). The van der Waals surface area contributed by atoms with Crippen LogP contribution in [0.2, 0.25) is 0 Å². The van der Waals surface area contributed by atoms with Gasteiger partial charge in [0.15, 0.2) is 11.5 Å². The Kier molecular flexibility index (Phi) is 6.46. The summed E-state index contributed by atoms with van der Waals surface area (Å²) < 4.78 is 38.0. The fourth-order valence-corrected chi connectivity index (χ4v) is 3.28. The zero-order valence-electron chi connectivity index (χ0n) is 16.1. The molecule has 2 aromatic carbocycles. The number of nitrogens with zero attached hydrogens (tertiary/aromatic N) is 1. The molecular weight excluding hydrogens is 366 g/mol. The van der Waals surface area contributed by atoms with Crippen molar-refractivity contribution >= 4 is 11.6 Å². The van der Waals surface area contributed by atoms with Gasteiger partial charge in [0, 0.05) is 19.2 Å². The summed E-state index contributed by atoms with van der Waals surface area (Å²) in [4.78, 5) is 14.3. The van der Waals surface area contributed by atoms with Crippen LogP contribution in [0.15, 0.2) is 30.3 Å². The van der Waals surface area contributed by atoms with Gasteiger partial charge in [0.2, 0.25) is 5.91 Å². The largest absolute Gasteiger partial charge is 0.490 e. The first kappa shape index (κ1) is 20.1. The summed E-state index contributed by atoms with van der Waals surface area (Å²) in [6, 6.07) is 7.05. The SMILES string of the molecule is CCOc1cc2c(cc1OCC)CN(CC(=O)Nc1ccc(F)cc1F)CC2. The molecule has 5 nitrogen and oxygen atoms in total. The molecule has 0 bridgehead atoms. The molecule has 0 unspecified atom stereocenters. The van der Waals surface area contributed by atoms with Gasteiger partial charge in [0.05, 0.1) is 25.4 Å².